The first-order chi connectivity index (χ1) is 18.5. The number of hydrogen-bond donors (Lipinski definition) is 3. The fourth-order valence-corrected chi connectivity index (χ4v) is 4.80. The molecule has 2 aromatic carbocycles. The number of rotatable bonds is 10. The van der Waals surface area contributed by atoms with Gasteiger partial charge in [-0.3, -0.25) is 0 Å². The Balaban J connectivity index is 1.34. The van der Waals surface area contributed by atoms with Crippen molar-refractivity contribution in [2.75, 3.05) is 36.0 Å². The van der Waals surface area contributed by atoms with E-state index in [0.717, 1.165) is 60.6 Å². The Bertz CT molecular complexity index is 1340. The Morgan fingerprint density at radius 2 is 1.76 bits per heavy atom. The summed E-state index contributed by atoms with van der Waals surface area (Å²) < 4.78 is 8.11. The first-order valence-corrected chi connectivity index (χ1v) is 13.5. The molecular formula is C29H38N8O. The fourth-order valence-electron chi connectivity index (χ4n) is 4.80. The minimum absolute atomic E-state index is 0.122. The topological polar surface area (TPSA) is 106 Å². The van der Waals surface area contributed by atoms with Crippen LogP contribution in [-0.4, -0.2) is 50.2 Å². The number of nitrogens with zero attached hydrogens (tertiary/aromatic N) is 5. The number of fused-ring (bicyclic) bond motifs is 1. The third-order valence-corrected chi connectivity index (χ3v) is 7.17. The highest BCUT2D eigenvalue weighted by Gasteiger charge is 2.22. The van der Waals surface area contributed by atoms with E-state index in [4.69, 9.17) is 20.4 Å². The van der Waals surface area contributed by atoms with Crippen molar-refractivity contribution >= 4 is 23.0 Å². The number of likely N-dealkylation sites (tertiary alicyclic amines) is 1. The lowest BCUT2D eigenvalue weighted by Gasteiger charge is -2.30. The molecule has 0 aliphatic carbocycles. The summed E-state index contributed by atoms with van der Waals surface area (Å²) in [7, 11) is 0. The first-order valence-electron chi connectivity index (χ1n) is 13.5. The molecule has 0 spiro atoms. The van der Waals surface area contributed by atoms with E-state index in [9.17, 15) is 0 Å². The van der Waals surface area contributed by atoms with Crippen molar-refractivity contribution in [1.82, 2.24) is 24.5 Å². The van der Waals surface area contributed by atoms with Crippen molar-refractivity contribution in [3.63, 3.8) is 0 Å². The third kappa shape index (κ3) is 5.99. The van der Waals surface area contributed by atoms with Crippen LogP contribution in [-0.2, 0) is 13.1 Å². The average molecular weight is 515 g/mol. The Kier molecular flexibility index (Phi) is 7.93. The maximum absolute atomic E-state index is 6.32. The number of piperidine rings is 1. The second kappa shape index (κ2) is 11.7. The Morgan fingerprint density at radius 3 is 2.50 bits per heavy atom. The van der Waals surface area contributed by atoms with Gasteiger partial charge in [0.2, 0.25) is 5.95 Å². The van der Waals surface area contributed by atoms with Crippen LogP contribution in [0.1, 0.15) is 56.2 Å². The van der Waals surface area contributed by atoms with Crippen molar-refractivity contribution in [3.05, 3.63) is 71.4 Å². The van der Waals surface area contributed by atoms with E-state index in [1.165, 1.54) is 5.56 Å². The molecular weight excluding hydrogens is 476 g/mol. The number of hydrogen-bond acceptors (Lipinski definition) is 8. The summed E-state index contributed by atoms with van der Waals surface area (Å²) >= 11 is 0. The van der Waals surface area contributed by atoms with Gasteiger partial charge in [-0.1, -0.05) is 51.1 Å². The molecule has 9 nitrogen and oxygen atoms in total. The van der Waals surface area contributed by atoms with Gasteiger partial charge in [-0.2, -0.15) is 19.6 Å². The predicted molar refractivity (Wildman–Crippen MR) is 153 cm³/mol. The van der Waals surface area contributed by atoms with Crippen LogP contribution in [0.3, 0.4) is 0 Å². The van der Waals surface area contributed by atoms with Crippen LogP contribution in [0, 0.1) is 0 Å². The Hall–Kier alpha value is -3.85. The van der Waals surface area contributed by atoms with Gasteiger partial charge in [0.1, 0.15) is 6.10 Å². The van der Waals surface area contributed by atoms with Crippen LogP contribution in [0.2, 0.25) is 0 Å². The number of anilines is 3. The summed E-state index contributed by atoms with van der Waals surface area (Å²) in [6.45, 7) is 10.9. The van der Waals surface area contributed by atoms with Gasteiger partial charge in [0.25, 0.3) is 0 Å². The summed E-state index contributed by atoms with van der Waals surface area (Å²) in [5, 5.41) is 11.7. The molecule has 5 rings (SSSR count). The van der Waals surface area contributed by atoms with Gasteiger partial charge in [-0.15, -0.1) is 0 Å². The van der Waals surface area contributed by atoms with Gasteiger partial charge in [-0.25, -0.2) is 0 Å². The van der Waals surface area contributed by atoms with Crippen LogP contribution >= 0.6 is 0 Å². The predicted octanol–water partition coefficient (Wildman–Crippen LogP) is 4.92. The molecule has 2 aromatic heterocycles. The molecule has 4 N–H and O–H groups in total. The van der Waals surface area contributed by atoms with E-state index >= 15 is 0 Å². The van der Waals surface area contributed by atoms with Crippen LogP contribution in [0.15, 0.2) is 54.7 Å². The molecule has 38 heavy (non-hydrogen) atoms. The summed E-state index contributed by atoms with van der Waals surface area (Å²) in [5.74, 6) is 0.908. The molecule has 4 aromatic rings. The zero-order valence-corrected chi connectivity index (χ0v) is 22.5. The highest BCUT2D eigenvalue weighted by molar-refractivity contribution is 5.55. The van der Waals surface area contributed by atoms with Gasteiger partial charge in [0.05, 0.1) is 6.20 Å². The van der Waals surface area contributed by atoms with Crippen molar-refractivity contribution in [2.45, 2.75) is 58.7 Å². The molecule has 0 saturated carbocycles. The van der Waals surface area contributed by atoms with E-state index in [1.807, 2.05) is 42.6 Å². The Morgan fingerprint density at radius 1 is 1.00 bits per heavy atom. The van der Waals surface area contributed by atoms with Gasteiger partial charge in [0.15, 0.2) is 5.65 Å². The number of ether oxygens (including phenoxy) is 1. The van der Waals surface area contributed by atoms with Crippen LogP contribution in [0.4, 0.5) is 17.3 Å². The Labute approximate surface area is 224 Å². The van der Waals surface area contributed by atoms with E-state index in [2.05, 4.69) is 53.5 Å². The monoisotopic (exact) mass is 514 g/mol. The summed E-state index contributed by atoms with van der Waals surface area (Å²) in [6.07, 6.45) is 3.96. The SMILES string of the molecule is CCN1CCC(Oc2nc(NCc3ccccc3NCc3ccc(N)cc3)n3ncc(C(C)C)c3n2)CC1. The third-order valence-electron chi connectivity index (χ3n) is 7.17. The van der Waals surface area contributed by atoms with E-state index in [1.54, 1.807) is 4.52 Å². The zero-order chi connectivity index (χ0) is 26.5. The standard InChI is InChI=1S/C29H38N8O/c1-4-36-15-13-24(14-16-36)38-29-34-27-25(20(2)3)19-33-37(27)28(35-29)32-18-22-7-5-6-8-26(22)31-17-21-9-11-23(30)12-10-21/h5-12,19-20,24,31H,4,13-18,30H2,1-3H3,(H,32,34,35). The lowest BCUT2D eigenvalue weighted by molar-refractivity contribution is 0.0957. The smallest absolute Gasteiger partial charge is 0.322 e. The first kappa shape index (κ1) is 25.8. The molecule has 3 heterocycles. The summed E-state index contributed by atoms with van der Waals surface area (Å²) in [5.41, 5.74) is 11.8. The lowest BCUT2D eigenvalue weighted by Crippen LogP contribution is -2.38. The fraction of sp³-hybridized carbons (Fsp3) is 0.414. The molecule has 1 saturated heterocycles. The van der Waals surface area contributed by atoms with Crippen molar-refractivity contribution < 1.29 is 4.74 Å². The van der Waals surface area contributed by atoms with Crippen molar-refractivity contribution in [3.8, 4) is 6.01 Å². The van der Waals surface area contributed by atoms with Gasteiger partial charge in [0, 0.05) is 43.1 Å². The molecule has 0 unspecified atom stereocenters. The van der Waals surface area contributed by atoms with Crippen LogP contribution < -0.4 is 21.1 Å². The number of para-hydroxylation sites is 1. The second-order valence-corrected chi connectivity index (χ2v) is 10.2. The quantitative estimate of drug-likeness (QED) is 0.256. The molecule has 9 heteroatoms. The highest BCUT2D eigenvalue weighted by Crippen LogP contribution is 2.25. The molecule has 1 aliphatic heterocycles. The maximum Gasteiger partial charge on any atom is 0.322 e. The molecule has 1 aliphatic rings. The van der Waals surface area contributed by atoms with Crippen LogP contribution in [0.5, 0.6) is 6.01 Å². The largest absolute Gasteiger partial charge is 0.460 e. The summed E-state index contributed by atoms with van der Waals surface area (Å²) in [6, 6.07) is 16.6. The minimum Gasteiger partial charge on any atom is -0.460 e. The highest BCUT2D eigenvalue weighted by atomic mass is 16.5. The van der Waals surface area contributed by atoms with E-state index in [-0.39, 0.29) is 12.0 Å². The normalized spacial score (nSPS) is 14.7. The number of nitrogens with one attached hydrogen (secondary N) is 2. The summed E-state index contributed by atoms with van der Waals surface area (Å²) in [4.78, 5) is 12.0. The molecule has 0 amide bonds. The average Bonchev–Trinajstić information content (AvgIpc) is 3.37. The van der Waals surface area contributed by atoms with E-state index in [0.29, 0.717) is 25.0 Å². The molecule has 0 bridgehead atoms. The molecule has 0 radical (unpaired) electrons. The molecule has 200 valence electrons. The second-order valence-electron chi connectivity index (χ2n) is 10.2. The van der Waals surface area contributed by atoms with Gasteiger partial charge < -0.3 is 26.0 Å². The molecule has 0 atom stereocenters. The van der Waals surface area contributed by atoms with Crippen LogP contribution in [0.25, 0.3) is 5.65 Å². The number of nitrogen functional groups attached to an aromatic ring is 1. The van der Waals surface area contributed by atoms with Crippen molar-refractivity contribution in [2.24, 2.45) is 0 Å². The zero-order valence-electron chi connectivity index (χ0n) is 22.5. The number of nitrogens with two attached hydrogens (primary N) is 1. The van der Waals surface area contributed by atoms with Gasteiger partial charge in [-0.05, 0) is 54.6 Å². The number of aromatic nitrogens is 4. The number of benzene rings is 2. The maximum atomic E-state index is 6.32. The van der Waals surface area contributed by atoms with Gasteiger partial charge >= 0.3 is 6.01 Å². The van der Waals surface area contributed by atoms with Crippen molar-refractivity contribution in [1.29, 1.82) is 0 Å². The van der Waals surface area contributed by atoms with E-state index < -0.39 is 0 Å². The minimum atomic E-state index is 0.122. The lowest BCUT2D eigenvalue weighted by atomic mass is 10.1. The molecule has 1 fully saturated rings.